The van der Waals surface area contributed by atoms with E-state index in [-0.39, 0.29) is 24.2 Å². The van der Waals surface area contributed by atoms with Gasteiger partial charge in [0, 0.05) is 31.7 Å². The minimum absolute atomic E-state index is 0.173. The van der Waals surface area contributed by atoms with E-state index in [2.05, 4.69) is 0 Å². The number of halogens is 2. The van der Waals surface area contributed by atoms with Crippen LogP contribution in [0.5, 0.6) is 5.75 Å². The first-order chi connectivity index (χ1) is 15.5. The zero-order valence-corrected chi connectivity index (χ0v) is 17.3. The van der Waals surface area contributed by atoms with Gasteiger partial charge in [-0.3, -0.25) is 9.59 Å². The number of hydrogen-bond acceptors (Lipinski definition) is 3. The minimum Gasteiger partial charge on any atom is -0.488 e. The second-order valence-electron chi connectivity index (χ2n) is 7.50. The topological polar surface area (TPSA) is 49.9 Å². The summed E-state index contributed by atoms with van der Waals surface area (Å²) in [6.45, 7) is 1.77. The van der Waals surface area contributed by atoms with Gasteiger partial charge in [0.1, 0.15) is 24.0 Å². The SMILES string of the molecule is O=C(c1ccc(F)cc1)N1CCN(C(=O)c2ccccc2OCc2ccc(F)cc2)CC1. The largest absolute Gasteiger partial charge is 0.488 e. The highest BCUT2D eigenvalue weighted by Gasteiger charge is 2.27. The van der Waals surface area contributed by atoms with Crippen LogP contribution in [-0.2, 0) is 6.61 Å². The lowest BCUT2D eigenvalue weighted by molar-refractivity contribution is 0.0533. The van der Waals surface area contributed by atoms with Crippen molar-refractivity contribution in [2.75, 3.05) is 26.2 Å². The average Bonchev–Trinajstić information content (AvgIpc) is 2.83. The summed E-state index contributed by atoms with van der Waals surface area (Å²) in [4.78, 5) is 29.1. The Kier molecular flexibility index (Phi) is 6.44. The summed E-state index contributed by atoms with van der Waals surface area (Å²) in [5.74, 6) is -0.612. The summed E-state index contributed by atoms with van der Waals surface area (Å²) < 4.78 is 32.0. The van der Waals surface area contributed by atoms with Crippen LogP contribution in [0.15, 0.2) is 72.8 Å². The molecule has 1 saturated heterocycles. The fourth-order valence-electron chi connectivity index (χ4n) is 3.57. The molecule has 1 fully saturated rings. The Morgan fingerprint density at radius 1 is 0.719 bits per heavy atom. The van der Waals surface area contributed by atoms with Crippen LogP contribution in [0.3, 0.4) is 0 Å². The molecule has 4 rings (SSSR count). The summed E-state index contributed by atoms with van der Waals surface area (Å²) in [6, 6.07) is 18.4. The normalized spacial score (nSPS) is 13.7. The number of rotatable bonds is 5. The fraction of sp³-hybridized carbons (Fsp3) is 0.200. The summed E-state index contributed by atoms with van der Waals surface area (Å²) in [6.07, 6.45) is 0. The van der Waals surface area contributed by atoms with E-state index >= 15 is 0 Å². The lowest BCUT2D eigenvalue weighted by Crippen LogP contribution is -2.50. The molecule has 0 bridgehead atoms. The van der Waals surface area contributed by atoms with Crippen LogP contribution in [0, 0.1) is 11.6 Å². The third-order valence-electron chi connectivity index (χ3n) is 5.37. The number of nitrogens with zero attached hydrogens (tertiary/aromatic N) is 2. The molecule has 1 heterocycles. The Morgan fingerprint density at radius 3 is 1.88 bits per heavy atom. The lowest BCUT2D eigenvalue weighted by atomic mass is 10.1. The van der Waals surface area contributed by atoms with Crippen molar-refractivity contribution in [3.8, 4) is 5.75 Å². The van der Waals surface area contributed by atoms with Gasteiger partial charge in [0.2, 0.25) is 0 Å². The Bertz CT molecular complexity index is 1090. The van der Waals surface area contributed by atoms with Crippen molar-refractivity contribution in [3.05, 3.63) is 101 Å². The number of benzene rings is 3. The first-order valence-corrected chi connectivity index (χ1v) is 10.3. The maximum absolute atomic E-state index is 13.1. The molecule has 7 heteroatoms. The smallest absolute Gasteiger partial charge is 0.257 e. The highest BCUT2D eigenvalue weighted by molar-refractivity contribution is 5.97. The standard InChI is InChI=1S/C25H22F2N2O3/c26-20-9-5-18(6-10-20)17-32-23-4-2-1-3-22(23)25(31)29-15-13-28(14-16-29)24(30)19-7-11-21(27)12-8-19/h1-12H,13-17H2. The summed E-state index contributed by atoms with van der Waals surface area (Å²) in [5.41, 5.74) is 1.65. The number of para-hydroxylation sites is 1. The number of piperazine rings is 1. The van der Waals surface area contributed by atoms with Crippen molar-refractivity contribution in [1.29, 1.82) is 0 Å². The summed E-state index contributed by atoms with van der Waals surface area (Å²) >= 11 is 0. The van der Waals surface area contributed by atoms with Gasteiger partial charge >= 0.3 is 0 Å². The van der Waals surface area contributed by atoms with Crippen LogP contribution in [-0.4, -0.2) is 47.8 Å². The van der Waals surface area contributed by atoms with E-state index in [0.29, 0.717) is 43.1 Å². The molecule has 0 spiro atoms. The van der Waals surface area contributed by atoms with Gasteiger partial charge in [-0.1, -0.05) is 24.3 Å². The molecule has 32 heavy (non-hydrogen) atoms. The van der Waals surface area contributed by atoms with Crippen molar-refractivity contribution in [3.63, 3.8) is 0 Å². The lowest BCUT2D eigenvalue weighted by Gasteiger charge is -2.35. The number of hydrogen-bond donors (Lipinski definition) is 0. The maximum Gasteiger partial charge on any atom is 0.257 e. The van der Waals surface area contributed by atoms with Gasteiger partial charge in [-0.25, -0.2) is 8.78 Å². The van der Waals surface area contributed by atoms with Gasteiger partial charge in [-0.15, -0.1) is 0 Å². The number of amides is 2. The van der Waals surface area contributed by atoms with Crippen LogP contribution < -0.4 is 4.74 Å². The zero-order chi connectivity index (χ0) is 22.5. The molecule has 0 radical (unpaired) electrons. The molecule has 3 aromatic rings. The minimum atomic E-state index is -0.391. The average molecular weight is 436 g/mol. The molecule has 0 N–H and O–H groups in total. The van der Waals surface area contributed by atoms with Crippen LogP contribution in [0.1, 0.15) is 26.3 Å². The molecule has 164 valence electrons. The summed E-state index contributed by atoms with van der Waals surface area (Å²) in [7, 11) is 0. The quantitative estimate of drug-likeness (QED) is 0.604. The molecule has 0 atom stereocenters. The molecule has 0 aliphatic carbocycles. The molecule has 1 aliphatic heterocycles. The zero-order valence-electron chi connectivity index (χ0n) is 17.3. The third-order valence-corrected chi connectivity index (χ3v) is 5.37. The molecular formula is C25H22F2N2O3. The highest BCUT2D eigenvalue weighted by Crippen LogP contribution is 2.22. The van der Waals surface area contributed by atoms with E-state index in [1.54, 1.807) is 46.2 Å². The number of carbonyl (C=O) groups excluding carboxylic acids is 2. The monoisotopic (exact) mass is 436 g/mol. The Morgan fingerprint density at radius 2 is 1.25 bits per heavy atom. The van der Waals surface area contributed by atoms with Gasteiger partial charge in [-0.05, 0) is 54.1 Å². The van der Waals surface area contributed by atoms with Crippen molar-refractivity contribution in [2.24, 2.45) is 0 Å². The number of ether oxygens (including phenoxy) is 1. The second-order valence-corrected chi connectivity index (χ2v) is 7.50. The third kappa shape index (κ3) is 4.94. The van der Waals surface area contributed by atoms with E-state index in [0.717, 1.165) is 5.56 Å². The maximum atomic E-state index is 13.1. The molecule has 2 amide bonds. The van der Waals surface area contributed by atoms with E-state index in [1.807, 2.05) is 0 Å². The van der Waals surface area contributed by atoms with Gasteiger partial charge in [0.15, 0.2) is 0 Å². The van der Waals surface area contributed by atoms with E-state index in [1.165, 1.54) is 36.4 Å². The molecule has 3 aromatic carbocycles. The molecule has 0 saturated carbocycles. The predicted octanol–water partition coefficient (Wildman–Crippen LogP) is 4.14. The Labute approximate surface area is 184 Å². The van der Waals surface area contributed by atoms with Crippen molar-refractivity contribution < 1.29 is 23.1 Å². The predicted molar refractivity (Wildman–Crippen MR) is 115 cm³/mol. The highest BCUT2D eigenvalue weighted by atomic mass is 19.1. The van der Waals surface area contributed by atoms with Gasteiger partial charge in [-0.2, -0.15) is 0 Å². The molecule has 0 unspecified atom stereocenters. The molecular weight excluding hydrogens is 414 g/mol. The first-order valence-electron chi connectivity index (χ1n) is 10.3. The van der Waals surface area contributed by atoms with Crippen LogP contribution in [0.2, 0.25) is 0 Å². The van der Waals surface area contributed by atoms with E-state index < -0.39 is 5.82 Å². The number of carbonyl (C=O) groups is 2. The van der Waals surface area contributed by atoms with Gasteiger partial charge < -0.3 is 14.5 Å². The van der Waals surface area contributed by atoms with Crippen molar-refractivity contribution in [1.82, 2.24) is 9.80 Å². The Balaban J connectivity index is 1.38. The molecule has 5 nitrogen and oxygen atoms in total. The molecule has 0 aromatic heterocycles. The van der Waals surface area contributed by atoms with Crippen molar-refractivity contribution >= 4 is 11.8 Å². The van der Waals surface area contributed by atoms with Crippen molar-refractivity contribution in [2.45, 2.75) is 6.61 Å². The van der Waals surface area contributed by atoms with E-state index in [9.17, 15) is 18.4 Å². The van der Waals surface area contributed by atoms with E-state index in [4.69, 9.17) is 4.74 Å². The van der Waals surface area contributed by atoms with Crippen LogP contribution in [0.25, 0.3) is 0 Å². The van der Waals surface area contributed by atoms with Gasteiger partial charge in [0.25, 0.3) is 11.8 Å². The second kappa shape index (κ2) is 9.60. The fourth-order valence-corrected chi connectivity index (χ4v) is 3.57. The molecule has 1 aliphatic rings. The van der Waals surface area contributed by atoms with Gasteiger partial charge in [0.05, 0.1) is 5.56 Å². The Hall–Kier alpha value is -3.74. The van der Waals surface area contributed by atoms with Crippen LogP contribution in [0.4, 0.5) is 8.78 Å². The summed E-state index contributed by atoms with van der Waals surface area (Å²) in [5, 5.41) is 0. The van der Waals surface area contributed by atoms with Crippen LogP contribution >= 0.6 is 0 Å². The first kappa shape index (κ1) is 21.5.